The maximum Gasteiger partial charge on any atom is 0.191 e. The molecule has 168 valence electrons. The fourth-order valence-electron chi connectivity index (χ4n) is 3.54. The Morgan fingerprint density at radius 1 is 1.06 bits per heavy atom. The maximum absolute atomic E-state index is 13.2. The lowest BCUT2D eigenvalue weighted by molar-refractivity contribution is 0.319. The first-order chi connectivity index (χ1) is 15.1. The van der Waals surface area contributed by atoms with E-state index in [2.05, 4.69) is 20.5 Å². The summed E-state index contributed by atoms with van der Waals surface area (Å²) < 4.78 is 29.5. The highest BCUT2D eigenvalue weighted by Crippen LogP contribution is 2.30. The molecule has 0 atom stereocenters. The van der Waals surface area contributed by atoms with Crippen molar-refractivity contribution >= 4 is 11.6 Å². The van der Waals surface area contributed by atoms with Crippen LogP contribution < -0.4 is 29.7 Å². The standard InChI is InChI=1S/C23H31FN4O3/c1-25-23(26-9-12-31-20-6-4-5-17(24)13-20)27-18-7-10-28(11-8-18)19-14-21(29-2)16-22(15-19)30-3/h4-6,13-16,18H,7-12H2,1-3H3,(H2,25,26,27). The van der Waals surface area contributed by atoms with E-state index in [4.69, 9.17) is 14.2 Å². The van der Waals surface area contributed by atoms with Crippen molar-refractivity contribution in [3.8, 4) is 17.2 Å². The van der Waals surface area contributed by atoms with Gasteiger partial charge in [0.1, 0.15) is 29.7 Å². The lowest BCUT2D eigenvalue weighted by Gasteiger charge is -2.34. The summed E-state index contributed by atoms with van der Waals surface area (Å²) in [5, 5.41) is 6.73. The number of benzene rings is 2. The van der Waals surface area contributed by atoms with E-state index in [1.807, 2.05) is 18.2 Å². The molecule has 3 rings (SSSR count). The number of hydrogen-bond acceptors (Lipinski definition) is 5. The van der Waals surface area contributed by atoms with Crippen LogP contribution in [0.15, 0.2) is 47.5 Å². The molecule has 1 saturated heterocycles. The first kappa shape index (κ1) is 22.5. The van der Waals surface area contributed by atoms with Gasteiger partial charge in [-0.3, -0.25) is 4.99 Å². The summed E-state index contributed by atoms with van der Waals surface area (Å²) in [5.41, 5.74) is 1.10. The molecule has 0 saturated carbocycles. The molecule has 1 aliphatic rings. The molecule has 7 nitrogen and oxygen atoms in total. The van der Waals surface area contributed by atoms with E-state index in [9.17, 15) is 4.39 Å². The Hall–Kier alpha value is -3.16. The molecule has 0 bridgehead atoms. The molecule has 2 aromatic rings. The summed E-state index contributed by atoms with van der Waals surface area (Å²) in [6.07, 6.45) is 1.97. The normalized spacial score (nSPS) is 14.8. The number of nitrogens with one attached hydrogen (secondary N) is 2. The van der Waals surface area contributed by atoms with Gasteiger partial charge in [0.05, 0.1) is 20.8 Å². The minimum Gasteiger partial charge on any atom is -0.497 e. The van der Waals surface area contributed by atoms with E-state index < -0.39 is 0 Å². The third-order valence-corrected chi connectivity index (χ3v) is 5.22. The predicted molar refractivity (Wildman–Crippen MR) is 121 cm³/mol. The summed E-state index contributed by atoms with van der Waals surface area (Å²) in [6.45, 7) is 2.83. The van der Waals surface area contributed by atoms with Gasteiger partial charge in [-0.05, 0) is 25.0 Å². The Bertz CT molecular complexity index is 847. The van der Waals surface area contributed by atoms with Gasteiger partial charge in [0.15, 0.2) is 5.96 Å². The van der Waals surface area contributed by atoms with Crippen LogP contribution in [0.4, 0.5) is 10.1 Å². The van der Waals surface area contributed by atoms with Gasteiger partial charge < -0.3 is 29.7 Å². The first-order valence-electron chi connectivity index (χ1n) is 10.4. The smallest absolute Gasteiger partial charge is 0.191 e. The summed E-state index contributed by atoms with van der Waals surface area (Å²) >= 11 is 0. The highest BCUT2D eigenvalue weighted by Gasteiger charge is 2.21. The number of halogens is 1. The monoisotopic (exact) mass is 430 g/mol. The maximum atomic E-state index is 13.2. The number of guanidine groups is 1. The molecule has 2 N–H and O–H groups in total. The Balaban J connectivity index is 1.43. The van der Waals surface area contributed by atoms with E-state index in [0.29, 0.717) is 24.9 Å². The van der Waals surface area contributed by atoms with Crippen LogP contribution in [0.5, 0.6) is 17.2 Å². The fraction of sp³-hybridized carbons (Fsp3) is 0.435. The van der Waals surface area contributed by atoms with Crippen LogP contribution in [0.25, 0.3) is 0 Å². The second-order valence-electron chi connectivity index (χ2n) is 7.28. The summed E-state index contributed by atoms with van der Waals surface area (Å²) in [4.78, 5) is 6.64. The fourth-order valence-corrected chi connectivity index (χ4v) is 3.54. The molecule has 0 aromatic heterocycles. The molecule has 31 heavy (non-hydrogen) atoms. The number of methoxy groups -OCH3 is 2. The van der Waals surface area contributed by atoms with Crippen LogP contribution in [0.1, 0.15) is 12.8 Å². The molecule has 1 fully saturated rings. The third kappa shape index (κ3) is 6.67. The van der Waals surface area contributed by atoms with Gasteiger partial charge in [0.25, 0.3) is 0 Å². The van der Waals surface area contributed by atoms with Gasteiger partial charge in [0.2, 0.25) is 0 Å². The Kier molecular flexibility index (Phi) is 8.20. The number of anilines is 1. The largest absolute Gasteiger partial charge is 0.497 e. The van der Waals surface area contributed by atoms with Gasteiger partial charge in [0, 0.05) is 56.1 Å². The van der Waals surface area contributed by atoms with E-state index in [0.717, 1.165) is 49.1 Å². The molecule has 0 radical (unpaired) electrons. The second-order valence-corrected chi connectivity index (χ2v) is 7.28. The average Bonchev–Trinajstić information content (AvgIpc) is 2.81. The molecule has 0 aliphatic carbocycles. The topological polar surface area (TPSA) is 67.4 Å². The minimum atomic E-state index is -0.304. The summed E-state index contributed by atoms with van der Waals surface area (Å²) in [6, 6.07) is 12.4. The van der Waals surface area contributed by atoms with Gasteiger partial charge >= 0.3 is 0 Å². The third-order valence-electron chi connectivity index (χ3n) is 5.22. The van der Waals surface area contributed by atoms with Crippen LogP contribution in [-0.2, 0) is 0 Å². The Morgan fingerprint density at radius 3 is 2.39 bits per heavy atom. The highest BCUT2D eigenvalue weighted by atomic mass is 19.1. The molecule has 0 spiro atoms. The zero-order valence-corrected chi connectivity index (χ0v) is 18.4. The van der Waals surface area contributed by atoms with Gasteiger partial charge in [-0.1, -0.05) is 6.07 Å². The summed E-state index contributed by atoms with van der Waals surface area (Å²) in [5.74, 6) is 2.54. The predicted octanol–water partition coefficient (Wildman–Crippen LogP) is 3.06. The molecule has 1 heterocycles. The van der Waals surface area contributed by atoms with Gasteiger partial charge in [-0.2, -0.15) is 0 Å². The van der Waals surface area contributed by atoms with Crippen molar-refractivity contribution in [2.75, 3.05) is 52.4 Å². The molecule has 1 aliphatic heterocycles. The van der Waals surface area contributed by atoms with E-state index >= 15 is 0 Å². The average molecular weight is 431 g/mol. The number of ether oxygens (including phenoxy) is 3. The van der Waals surface area contributed by atoms with Crippen LogP contribution in [-0.4, -0.2) is 59.5 Å². The van der Waals surface area contributed by atoms with E-state index in [1.165, 1.54) is 12.1 Å². The Morgan fingerprint density at radius 2 is 1.77 bits per heavy atom. The van der Waals surface area contributed by atoms with Crippen molar-refractivity contribution < 1.29 is 18.6 Å². The van der Waals surface area contributed by atoms with Crippen molar-refractivity contribution in [2.24, 2.45) is 4.99 Å². The number of nitrogens with zero attached hydrogens (tertiary/aromatic N) is 2. The SMILES string of the molecule is CN=C(NCCOc1cccc(F)c1)NC1CCN(c2cc(OC)cc(OC)c2)CC1. The van der Waals surface area contributed by atoms with E-state index in [-0.39, 0.29) is 5.82 Å². The van der Waals surface area contributed by atoms with Crippen molar-refractivity contribution in [2.45, 2.75) is 18.9 Å². The van der Waals surface area contributed by atoms with Crippen LogP contribution >= 0.6 is 0 Å². The molecular weight excluding hydrogens is 399 g/mol. The molecule has 2 aromatic carbocycles. The van der Waals surface area contributed by atoms with Crippen molar-refractivity contribution in [3.63, 3.8) is 0 Å². The Labute approximate surface area is 183 Å². The van der Waals surface area contributed by atoms with Crippen molar-refractivity contribution in [3.05, 3.63) is 48.3 Å². The number of rotatable bonds is 8. The van der Waals surface area contributed by atoms with Gasteiger partial charge in [-0.25, -0.2) is 4.39 Å². The molecule has 8 heteroatoms. The van der Waals surface area contributed by atoms with Crippen LogP contribution in [0.2, 0.25) is 0 Å². The number of hydrogen-bond donors (Lipinski definition) is 2. The molecular formula is C23H31FN4O3. The first-order valence-corrected chi connectivity index (χ1v) is 10.4. The zero-order valence-electron chi connectivity index (χ0n) is 18.4. The van der Waals surface area contributed by atoms with Crippen molar-refractivity contribution in [1.82, 2.24) is 10.6 Å². The van der Waals surface area contributed by atoms with E-state index in [1.54, 1.807) is 33.4 Å². The highest BCUT2D eigenvalue weighted by molar-refractivity contribution is 5.80. The van der Waals surface area contributed by atoms with Crippen LogP contribution in [0.3, 0.4) is 0 Å². The van der Waals surface area contributed by atoms with Gasteiger partial charge in [-0.15, -0.1) is 0 Å². The number of piperidine rings is 1. The van der Waals surface area contributed by atoms with Crippen molar-refractivity contribution in [1.29, 1.82) is 0 Å². The zero-order chi connectivity index (χ0) is 22.1. The molecule has 0 amide bonds. The summed E-state index contributed by atoms with van der Waals surface area (Å²) in [7, 11) is 5.08. The second kappa shape index (κ2) is 11.3. The lowest BCUT2D eigenvalue weighted by Crippen LogP contribution is -2.49. The molecule has 0 unspecified atom stereocenters. The quantitative estimate of drug-likeness (QED) is 0.381. The minimum absolute atomic E-state index is 0.304. The lowest BCUT2D eigenvalue weighted by atomic mass is 10.0. The number of aliphatic imine (C=N–C) groups is 1. The van der Waals surface area contributed by atoms with Crippen LogP contribution in [0, 0.1) is 5.82 Å².